The number of ether oxygens (including phenoxy) is 1. The van der Waals surface area contributed by atoms with Gasteiger partial charge in [-0.05, 0) is 77.7 Å². The maximum atomic E-state index is 9.12. The summed E-state index contributed by atoms with van der Waals surface area (Å²) in [7, 11) is 0. The normalized spacial score (nSPS) is 11.4. The van der Waals surface area contributed by atoms with Gasteiger partial charge in [0.15, 0.2) is 12.4 Å². The molecule has 0 atom stereocenters. The number of rotatable bonds is 8. The summed E-state index contributed by atoms with van der Waals surface area (Å²) < 4.78 is 20.1. The van der Waals surface area contributed by atoms with Gasteiger partial charge in [0.2, 0.25) is 0 Å². The van der Waals surface area contributed by atoms with E-state index in [4.69, 9.17) is 24.6 Å². The van der Waals surface area contributed by atoms with Gasteiger partial charge in [0.1, 0.15) is 22.5 Å². The highest BCUT2D eigenvalue weighted by molar-refractivity contribution is 7.31. The molecule has 8 aromatic rings. The predicted octanol–water partition coefficient (Wildman–Crippen LogP) is 11.1. The van der Waals surface area contributed by atoms with Gasteiger partial charge in [-0.3, -0.25) is 4.98 Å². The van der Waals surface area contributed by atoms with Crippen molar-refractivity contribution in [2.45, 2.75) is 13.8 Å². The Bertz CT molecular complexity index is 2410. The predicted molar refractivity (Wildman–Crippen MR) is 198 cm³/mol. The molecule has 12 heteroatoms. The van der Waals surface area contributed by atoms with Crippen molar-refractivity contribution in [2.75, 3.05) is 11.5 Å². The molecule has 7 nitrogen and oxygen atoms in total. The third-order valence-electron chi connectivity index (χ3n) is 7.54. The van der Waals surface area contributed by atoms with Crippen molar-refractivity contribution in [3.8, 4) is 60.0 Å². The van der Waals surface area contributed by atoms with E-state index in [1.165, 1.54) is 41.0 Å². The van der Waals surface area contributed by atoms with Crippen LogP contribution in [-0.2, 0) is 0 Å². The molecule has 0 saturated heterocycles. The van der Waals surface area contributed by atoms with Gasteiger partial charge in [0, 0.05) is 45.2 Å². The molecule has 0 N–H and O–H groups in total. The van der Waals surface area contributed by atoms with E-state index in [1.54, 1.807) is 57.5 Å². The second kappa shape index (κ2) is 12.2. The fourth-order valence-corrected chi connectivity index (χ4v) is 10.6. The minimum absolute atomic E-state index is 0.496. The molecule has 2 aromatic carbocycles. The Morgan fingerprint density at radius 3 is 1.85 bits per heavy atom. The average molecular weight is 703 g/mol. The average Bonchev–Trinajstić information content (AvgIpc) is 3.91. The molecule has 6 heterocycles. The van der Waals surface area contributed by atoms with Crippen LogP contribution in [0.15, 0.2) is 79.0 Å². The van der Waals surface area contributed by atoms with E-state index in [1.807, 2.05) is 30.7 Å². The van der Waals surface area contributed by atoms with Crippen LogP contribution in [0.1, 0.15) is 13.8 Å². The van der Waals surface area contributed by atoms with Gasteiger partial charge in [0.05, 0.1) is 28.9 Å². The maximum absolute atomic E-state index is 9.12. The Morgan fingerprint density at radius 2 is 1.23 bits per heavy atom. The Balaban J connectivity index is 1.05. The number of anilines is 1. The van der Waals surface area contributed by atoms with E-state index in [9.17, 15) is 0 Å². The number of thiophene rings is 4. The number of nitriles is 2. The van der Waals surface area contributed by atoms with Crippen LogP contribution >= 0.6 is 57.1 Å². The van der Waals surface area contributed by atoms with E-state index in [0.29, 0.717) is 18.2 Å². The second-order valence-corrected chi connectivity index (χ2v) is 16.1. The molecule has 0 amide bonds. The van der Waals surface area contributed by atoms with Gasteiger partial charge in [-0.15, -0.1) is 45.3 Å². The highest BCUT2D eigenvalue weighted by Gasteiger charge is 2.20. The summed E-state index contributed by atoms with van der Waals surface area (Å²) in [5.41, 5.74) is 6.36. The summed E-state index contributed by atoms with van der Waals surface area (Å²) in [6, 6.07) is 24.7. The molecule has 8 rings (SSSR count). The van der Waals surface area contributed by atoms with Gasteiger partial charge >= 0.3 is 0 Å². The molecule has 0 unspecified atom stereocenters. The van der Waals surface area contributed by atoms with Gasteiger partial charge in [-0.25, -0.2) is 0 Å². The highest BCUT2D eigenvalue weighted by atomic mass is 32.1. The first-order valence-corrected chi connectivity index (χ1v) is 18.6. The first-order chi connectivity index (χ1) is 23.0. The molecule has 47 heavy (non-hydrogen) atoms. The van der Waals surface area contributed by atoms with Crippen LogP contribution in [-0.4, -0.2) is 20.3 Å². The summed E-state index contributed by atoms with van der Waals surface area (Å²) in [6.07, 6.45) is 5.68. The lowest BCUT2D eigenvalue weighted by molar-refractivity contribution is 0.271. The van der Waals surface area contributed by atoms with Gasteiger partial charge in [-0.2, -0.15) is 24.2 Å². The van der Waals surface area contributed by atoms with Crippen LogP contribution in [0.4, 0.5) is 5.69 Å². The molecule has 6 aromatic heterocycles. The van der Waals surface area contributed by atoms with E-state index in [-0.39, 0.29) is 0 Å². The highest BCUT2D eigenvalue weighted by Crippen LogP contribution is 2.46. The van der Waals surface area contributed by atoms with E-state index < -0.39 is 0 Å². The van der Waals surface area contributed by atoms with Gasteiger partial charge < -0.3 is 4.74 Å². The first kappa shape index (κ1) is 29.7. The molecule has 0 aliphatic heterocycles. The number of benzene rings is 2. The zero-order valence-corrected chi connectivity index (χ0v) is 29.0. The number of hydrogen-bond donors (Lipinski definition) is 0. The SMILES string of the molecule is CC(C)COc1ccc(-c2cc3sc(-c4cnc(-c5cc6sc(-c7ccc(N(C#N)C#N)cc7)cc6s5)c5nsnc45)cc3s2)cc1. The standard InChI is InChI=1S/C35H22N6OS5/c1-19(2)16-42-23-9-5-21(6-10-23)26-11-28-30(43-26)13-27(45-28)24-15-38-34(35-33(24)39-47-40-35)32-14-31-29(46-32)12-25(44-31)20-3-7-22(8-4-20)41(17-36)18-37/h3-15,19H,16H2,1-2H3. The van der Waals surface area contributed by atoms with Crippen molar-refractivity contribution in [1.82, 2.24) is 13.7 Å². The Kier molecular flexibility index (Phi) is 7.68. The largest absolute Gasteiger partial charge is 0.493 e. The fourth-order valence-electron chi connectivity index (χ4n) is 5.23. The lowest BCUT2D eigenvalue weighted by Crippen LogP contribution is -2.06. The van der Waals surface area contributed by atoms with E-state index in [2.05, 4.69) is 66.8 Å². The molecule has 0 saturated carbocycles. The second-order valence-electron chi connectivity index (χ2n) is 11.2. The van der Waals surface area contributed by atoms with Crippen molar-refractivity contribution in [1.29, 1.82) is 10.5 Å². The zero-order valence-electron chi connectivity index (χ0n) is 24.9. The number of pyridine rings is 1. The first-order valence-electron chi connectivity index (χ1n) is 14.6. The lowest BCUT2D eigenvalue weighted by Gasteiger charge is -2.08. The Hall–Kier alpha value is -4.69. The number of nitrogens with zero attached hydrogens (tertiary/aromatic N) is 6. The molecule has 0 radical (unpaired) electrons. The summed E-state index contributed by atoms with van der Waals surface area (Å²) in [5.74, 6) is 1.40. The number of hydrogen-bond acceptors (Lipinski definition) is 12. The summed E-state index contributed by atoms with van der Waals surface area (Å²) in [6.45, 7) is 5.02. The quantitative estimate of drug-likeness (QED) is 0.115. The van der Waals surface area contributed by atoms with Crippen molar-refractivity contribution in [3.63, 3.8) is 0 Å². The zero-order chi connectivity index (χ0) is 32.1. The molecule has 0 bridgehead atoms. The van der Waals surface area contributed by atoms with Crippen LogP contribution in [0, 0.1) is 28.8 Å². The van der Waals surface area contributed by atoms with Gasteiger partial charge in [-0.1, -0.05) is 26.0 Å². The van der Waals surface area contributed by atoms with Crippen LogP contribution < -0.4 is 9.64 Å². The molecular formula is C35H22N6OS5. The third kappa shape index (κ3) is 5.54. The van der Waals surface area contributed by atoms with E-state index in [0.717, 1.165) is 53.1 Å². The van der Waals surface area contributed by atoms with Crippen molar-refractivity contribution < 1.29 is 4.74 Å². The maximum Gasteiger partial charge on any atom is 0.198 e. The minimum Gasteiger partial charge on any atom is -0.493 e. The number of fused-ring (bicyclic) bond motifs is 3. The van der Waals surface area contributed by atoms with Crippen LogP contribution in [0.3, 0.4) is 0 Å². The molecule has 0 aliphatic carbocycles. The third-order valence-corrected chi connectivity index (χ3v) is 12.8. The van der Waals surface area contributed by atoms with Crippen molar-refractivity contribution in [3.05, 3.63) is 79.0 Å². The van der Waals surface area contributed by atoms with Crippen molar-refractivity contribution >= 4 is 92.6 Å². The molecule has 0 fully saturated rings. The topological polar surface area (TPSA) is 98.7 Å². The van der Waals surface area contributed by atoms with Crippen LogP contribution in [0.25, 0.3) is 71.7 Å². The molecular weight excluding hydrogens is 681 g/mol. The molecule has 228 valence electrons. The van der Waals surface area contributed by atoms with E-state index >= 15 is 0 Å². The lowest BCUT2D eigenvalue weighted by atomic mass is 10.1. The minimum atomic E-state index is 0.496. The van der Waals surface area contributed by atoms with Crippen molar-refractivity contribution in [2.24, 2.45) is 5.92 Å². The number of aromatic nitrogens is 3. The summed E-state index contributed by atoms with van der Waals surface area (Å²) >= 11 is 8.18. The molecule has 0 aliphatic rings. The smallest absolute Gasteiger partial charge is 0.198 e. The molecule has 0 spiro atoms. The Labute approximate surface area is 290 Å². The summed E-state index contributed by atoms with van der Waals surface area (Å²) in [4.78, 5) is 10.5. The fraction of sp³-hybridized carbons (Fsp3) is 0.114. The van der Waals surface area contributed by atoms with Gasteiger partial charge in [0.25, 0.3) is 0 Å². The van der Waals surface area contributed by atoms with Crippen LogP contribution in [0.2, 0.25) is 0 Å². The summed E-state index contributed by atoms with van der Waals surface area (Å²) in [5, 5.41) is 18.2. The van der Waals surface area contributed by atoms with Crippen LogP contribution in [0.5, 0.6) is 5.75 Å². The monoisotopic (exact) mass is 702 g/mol. The Morgan fingerprint density at radius 1 is 0.702 bits per heavy atom.